The highest BCUT2D eigenvalue weighted by Gasteiger charge is 2.53. The third-order valence-electron chi connectivity index (χ3n) is 7.43. The molecule has 0 radical (unpaired) electrons. The molecule has 5 heteroatoms. The predicted molar refractivity (Wildman–Crippen MR) is 138 cm³/mol. The summed E-state index contributed by atoms with van der Waals surface area (Å²) in [5.41, 5.74) is 5.75. The molecule has 2 aliphatic heterocycles. The SMILES string of the molecule is CC(C)c1ccc(NC(=O)Oc2ccc3c(c2)[C@]2(C)CCN(Cc4ccccc4)C2N3C)cc1. The number of benzene rings is 3. The number of nitrogens with one attached hydrogen (secondary N) is 1. The normalized spacial score (nSPS) is 21.4. The number of likely N-dealkylation sites (N-methyl/N-ethyl adjacent to an activating group) is 1. The molecule has 3 aromatic rings. The first-order chi connectivity index (χ1) is 16.3. The highest BCUT2D eigenvalue weighted by Crippen LogP contribution is 2.52. The average molecular weight is 456 g/mol. The summed E-state index contributed by atoms with van der Waals surface area (Å²) in [6, 6.07) is 24.6. The van der Waals surface area contributed by atoms with Gasteiger partial charge in [-0.2, -0.15) is 0 Å². The van der Waals surface area contributed by atoms with E-state index in [1.54, 1.807) is 0 Å². The van der Waals surface area contributed by atoms with Gasteiger partial charge in [0.1, 0.15) is 5.75 Å². The number of fused-ring (bicyclic) bond motifs is 3. The molecule has 2 heterocycles. The number of likely N-dealkylation sites (tertiary alicyclic amines) is 1. The maximum absolute atomic E-state index is 12.6. The molecule has 2 atom stereocenters. The van der Waals surface area contributed by atoms with E-state index in [2.05, 4.69) is 85.4 Å². The summed E-state index contributed by atoms with van der Waals surface area (Å²) in [6.07, 6.45) is 0.883. The lowest BCUT2D eigenvalue weighted by Gasteiger charge is -2.34. The van der Waals surface area contributed by atoms with Crippen molar-refractivity contribution in [2.45, 2.75) is 51.2 Å². The molecule has 2 aliphatic rings. The van der Waals surface area contributed by atoms with Gasteiger partial charge in [0, 0.05) is 36.9 Å². The van der Waals surface area contributed by atoms with Crippen LogP contribution in [-0.4, -0.2) is 30.8 Å². The lowest BCUT2D eigenvalue weighted by atomic mass is 9.81. The Labute approximate surface area is 202 Å². The zero-order chi connectivity index (χ0) is 23.9. The molecule has 176 valence electrons. The molecule has 0 saturated carbocycles. The van der Waals surface area contributed by atoms with Gasteiger partial charge in [-0.25, -0.2) is 4.79 Å². The van der Waals surface area contributed by atoms with Crippen molar-refractivity contribution < 1.29 is 9.53 Å². The van der Waals surface area contributed by atoms with Crippen LogP contribution in [-0.2, 0) is 12.0 Å². The van der Waals surface area contributed by atoms with Gasteiger partial charge in [0.05, 0.1) is 6.17 Å². The molecule has 3 aromatic carbocycles. The van der Waals surface area contributed by atoms with Gasteiger partial charge in [-0.1, -0.05) is 63.2 Å². The van der Waals surface area contributed by atoms with Crippen LogP contribution in [0.25, 0.3) is 0 Å². The van der Waals surface area contributed by atoms with Gasteiger partial charge in [0.15, 0.2) is 0 Å². The van der Waals surface area contributed by atoms with Gasteiger partial charge in [-0.05, 0) is 59.4 Å². The molecule has 0 aliphatic carbocycles. The Kier molecular flexibility index (Phi) is 5.82. The maximum atomic E-state index is 12.6. The van der Waals surface area contributed by atoms with Crippen molar-refractivity contribution in [1.29, 1.82) is 0 Å². The van der Waals surface area contributed by atoms with E-state index in [0.29, 0.717) is 11.7 Å². The van der Waals surface area contributed by atoms with Crippen LogP contribution in [0.4, 0.5) is 16.2 Å². The summed E-state index contributed by atoms with van der Waals surface area (Å²) >= 11 is 0. The fourth-order valence-corrected chi connectivity index (χ4v) is 5.64. The molecule has 1 fully saturated rings. The fourth-order valence-electron chi connectivity index (χ4n) is 5.64. The van der Waals surface area contributed by atoms with Crippen molar-refractivity contribution in [3.8, 4) is 5.75 Å². The molecule has 0 spiro atoms. The van der Waals surface area contributed by atoms with Gasteiger partial charge < -0.3 is 9.64 Å². The molecule has 1 unspecified atom stereocenters. The van der Waals surface area contributed by atoms with E-state index in [-0.39, 0.29) is 11.6 Å². The van der Waals surface area contributed by atoms with Crippen LogP contribution in [0.1, 0.15) is 49.8 Å². The van der Waals surface area contributed by atoms with Gasteiger partial charge in [0.2, 0.25) is 0 Å². The Bertz CT molecular complexity index is 1180. The van der Waals surface area contributed by atoms with Crippen molar-refractivity contribution in [3.63, 3.8) is 0 Å². The summed E-state index contributed by atoms with van der Waals surface area (Å²) in [4.78, 5) is 17.5. The summed E-state index contributed by atoms with van der Waals surface area (Å²) in [6.45, 7) is 8.61. The minimum Gasteiger partial charge on any atom is -0.410 e. The number of carbonyl (C=O) groups excluding carboxylic acids is 1. The molecule has 1 saturated heterocycles. The zero-order valence-corrected chi connectivity index (χ0v) is 20.4. The molecule has 5 nitrogen and oxygen atoms in total. The Balaban J connectivity index is 1.31. The van der Waals surface area contributed by atoms with Crippen LogP contribution in [0.5, 0.6) is 5.75 Å². The molecule has 1 amide bonds. The minimum atomic E-state index is -0.470. The van der Waals surface area contributed by atoms with Crippen LogP contribution < -0.4 is 15.0 Å². The summed E-state index contributed by atoms with van der Waals surface area (Å²) in [7, 11) is 2.17. The summed E-state index contributed by atoms with van der Waals surface area (Å²) in [5, 5.41) is 2.84. The second kappa shape index (κ2) is 8.80. The first kappa shape index (κ1) is 22.5. The Hall–Kier alpha value is -3.31. The Morgan fingerprint density at radius 1 is 1.09 bits per heavy atom. The monoisotopic (exact) mass is 455 g/mol. The number of hydrogen-bond acceptors (Lipinski definition) is 4. The van der Waals surface area contributed by atoms with Crippen LogP contribution in [0, 0.1) is 0 Å². The lowest BCUT2D eigenvalue weighted by Crippen LogP contribution is -2.46. The molecular formula is C29H33N3O2. The van der Waals surface area contributed by atoms with Crippen LogP contribution in [0.2, 0.25) is 0 Å². The average Bonchev–Trinajstić information content (AvgIpc) is 3.26. The van der Waals surface area contributed by atoms with Gasteiger partial charge in [0.25, 0.3) is 0 Å². The Morgan fingerprint density at radius 2 is 1.82 bits per heavy atom. The van der Waals surface area contributed by atoms with Gasteiger partial charge in [-0.3, -0.25) is 10.2 Å². The molecule has 5 rings (SSSR count). The van der Waals surface area contributed by atoms with E-state index >= 15 is 0 Å². The minimum absolute atomic E-state index is 0.0125. The quantitative estimate of drug-likeness (QED) is 0.486. The third kappa shape index (κ3) is 4.05. The van der Waals surface area contributed by atoms with Crippen molar-refractivity contribution in [2.75, 3.05) is 23.8 Å². The van der Waals surface area contributed by atoms with E-state index in [0.717, 1.165) is 25.2 Å². The second-order valence-corrected chi connectivity index (χ2v) is 10.1. The molecular weight excluding hydrogens is 422 g/mol. The largest absolute Gasteiger partial charge is 0.417 e. The maximum Gasteiger partial charge on any atom is 0.417 e. The zero-order valence-electron chi connectivity index (χ0n) is 20.4. The number of rotatable bonds is 5. The number of amides is 1. The van der Waals surface area contributed by atoms with Gasteiger partial charge >= 0.3 is 6.09 Å². The molecule has 34 heavy (non-hydrogen) atoms. The van der Waals surface area contributed by atoms with E-state index in [9.17, 15) is 4.79 Å². The van der Waals surface area contributed by atoms with Crippen molar-refractivity contribution in [1.82, 2.24) is 4.90 Å². The van der Waals surface area contributed by atoms with E-state index in [1.165, 1.54) is 22.4 Å². The first-order valence-electron chi connectivity index (χ1n) is 12.1. The van der Waals surface area contributed by atoms with Gasteiger partial charge in [-0.15, -0.1) is 0 Å². The number of carbonyl (C=O) groups is 1. The number of anilines is 2. The van der Waals surface area contributed by atoms with Crippen LogP contribution >= 0.6 is 0 Å². The highest BCUT2D eigenvalue weighted by molar-refractivity contribution is 5.86. The topological polar surface area (TPSA) is 44.8 Å². The van der Waals surface area contributed by atoms with E-state index in [4.69, 9.17) is 4.74 Å². The lowest BCUT2D eigenvalue weighted by molar-refractivity contribution is 0.213. The number of hydrogen-bond donors (Lipinski definition) is 1. The standard InChI is InChI=1S/C29H33N3O2/c1-20(2)22-10-12-23(13-11-22)30-28(33)34-24-14-15-26-25(18-24)29(3)16-17-32(27(29)31(26)4)19-21-8-6-5-7-9-21/h5-15,18,20,27H,16-17,19H2,1-4H3,(H,30,33)/t27?,29-/m0/s1. The second-order valence-electron chi connectivity index (χ2n) is 10.1. The van der Waals surface area contributed by atoms with E-state index in [1.807, 2.05) is 30.3 Å². The molecule has 1 N–H and O–H groups in total. The fraction of sp³-hybridized carbons (Fsp3) is 0.345. The highest BCUT2D eigenvalue weighted by atomic mass is 16.6. The van der Waals surface area contributed by atoms with Crippen molar-refractivity contribution >= 4 is 17.5 Å². The predicted octanol–water partition coefficient (Wildman–Crippen LogP) is 6.36. The smallest absolute Gasteiger partial charge is 0.410 e. The number of ether oxygens (including phenoxy) is 1. The Morgan fingerprint density at radius 3 is 2.53 bits per heavy atom. The molecule has 0 aromatic heterocycles. The molecule has 0 bridgehead atoms. The van der Waals surface area contributed by atoms with Crippen molar-refractivity contribution in [2.24, 2.45) is 0 Å². The summed E-state index contributed by atoms with van der Waals surface area (Å²) < 4.78 is 5.69. The van der Waals surface area contributed by atoms with Crippen LogP contribution in [0.3, 0.4) is 0 Å². The summed E-state index contributed by atoms with van der Waals surface area (Å²) in [5.74, 6) is 1.03. The first-order valence-corrected chi connectivity index (χ1v) is 12.1. The van der Waals surface area contributed by atoms with E-state index < -0.39 is 6.09 Å². The van der Waals surface area contributed by atoms with Crippen molar-refractivity contribution in [3.05, 3.63) is 89.5 Å². The number of nitrogens with zero attached hydrogens (tertiary/aromatic N) is 2. The third-order valence-corrected chi connectivity index (χ3v) is 7.43. The van der Waals surface area contributed by atoms with Crippen LogP contribution in [0.15, 0.2) is 72.8 Å².